The summed E-state index contributed by atoms with van der Waals surface area (Å²) in [6, 6.07) is 2.37. The number of hydrazine groups is 1. The van der Waals surface area contributed by atoms with E-state index < -0.39 is 17.5 Å². The van der Waals surface area contributed by atoms with Crippen molar-refractivity contribution >= 4 is 16.6 Å². The molecule has 0 atom stereocenters. The molecule has 0 amide bonds. The number of hydrogen-bond acceptors (Lipinski definition) is 3. The number of aryl methyl sites for hydroxylation is 1. The van der Waals surface area contributed by atoms with Crippen molar-refractivity contribution < 1.29 is 13.2 Å². The van der Waals surface area contributed by atoms with Crippen molar-refractivity contribution in [3.05, 3.63) is 35.3 Å². The van der Waals surface area contributed by atoms with Crippen molar-refractivity contribution in [2.45, 2.75) is 6.92 Å². The van der Waals surface area contributed by atoms with E-state index in [4.69, 9.17) is 5.84 Å². The predicted octanol–water partition coefficient (Wildman–Crippen LogP) is 2.25. The van der Waals surface area contributed by atoms with E-state index in [1.54, 1.807) is 6.92 Å². The zero-order valence-corrected chi connectivity index (χ0v) is 8.31. The van der Waals surface area contributed by atoms with E-state index in [0.717, 1.165) is 6.07 Å². The van der Waals surface area contributed by atoms with Gasteiger partial charge >= 0.3 is 0 Å². The lowest BCUT2D eigenvalue weighted by atomic mass is 10.1. The number of nitrogens with two attached hydrogens (primary N) is 1. The van der Waals surface area contributed by atoms with Crippen LogP contribution in [0.4, 0.5) is 18.9 Å². The third kappa shape index (κ3) is 1.47. The highest BCUT2D eigenvalue weighted by Gasteiger charge is 2.16. The first-order valence-electron chi connectivity index (χ1n) is 4.46. The number of hydrogen-bond donors (Lipinski definition) is 2. The van der Waals surface area contributed by atoms with Crippen molar-refractivity contribution in [2.75, 3.05) is 5.43 Å². The zero-order valence-electron chi connectivity index (χ0n) is 8.31. The molecular formula is C10H8F3N3. The summed E-state index contributed by atoms with van der Waals surface area (Å²) in [6.07, 6.45) is 0. The van der Waals surface area contributed by atoms with Crippen LogP contribution in [-0.4, -0.2) is 4.98 Å². The zero-order chi connectivity index (χ0) is 11.9. The number of nitrogen functional groups attached to an aromatic ring is 1. The Morgan fingerprint density at radius 1 is 1.19 bits per heavy atom. The van der Waals surface area contributed by atoms with Gasteiger partial charge in [-0.2, -0.15) is 0 Å². The van der Waals surface area contributed by atoms with E-state index in [1.165, 1.54) is 6.07 Å². The molecule has 0 saturated carbocycles. The van der Waals surface area contributed by atoms with Gasteiger partial charge in [0.2, 0.25) is 0 Å². The van der Waals surface area contributed by atoms with Gasteiger partial charge in [-0.15, -0.1) is 0 Å². The van der Waals surface area contributed by atoms with Crippen molar-refractivity contribution in [1.29, 1.82) is 0 Å². The van der Waals surface area contributed by atoms with E-state index in [0.29, 0.717) is 11.4 Å². The first-order chi connectivity index (χ1) is 7.54. The molecule has 0 radical (unpaired) electrons. The second-order valence-electron chi connectivity index (χ2n) is 3.34. The predicted molar refractivity (Wildman–Crippen MR) is 54.2 cm³/mol. The molecule has 2 aromatic rings. The van der Waals surface area contributed by atoms with E-state index in [-0.39, 0.29) is 10.9 Å². The minimum atomic E-state index is -1.53. The molecule has 16 heavy (non-hydrogen) atoms. The van der Waals surface area contributed by atoms with Gasteiger partial charge < -0.3 is 5.43 Å². The molecule has 1 aromatic carbocycles. The second kappa shape index (κ2) is 3.64. The van der Waals surface area contributed by atoms with Gasteiger partial charge in [0.15, 0.2) is 17.5 Å². The van der Waals surface area contributed by atoms with E-state index in [1.807, 2.05) is 0 Å². The topological polar surface area (TPSA) is 50.9 Å². The standard InChI is InChI=1S/C10H8F3N3/c1-4-2-7(16-14)5-3-6(11)8(12)9(13)10(5)15-4/h2-3H,14H2,1H3,(H,15,16). The molecule has 0 bridgehead atoms. The number of pyridine rings is 1. The van der Waals surface area contributed by atoms with Crippen molar-refractivity contribution in [3.8, 4) is 0 Å². The second-order valence-corrected chi connectivity index (χ2v) is 3.34. The van der Waals surface area contributed by atoms with Crippen molar-refractivity contribution in [2.24, 2.45) is 5.84 Å². The lowest BCUT2D eigenvalue weighted by Crippen LogP contribution is -2.09. The summed E-state index contributed by atoms with van der Waals surface area (Å²) in [5, 5.41) is 0.101. The number of benzene rings is 1. The number of anilines is 1. The molecule has 0 unspecified atom stereocenters. The average Bonchev–Trinajstić information content (AvgIpc) is 2.26. The van der Waals surface area contributed by atoms with Crippen molar-refractivity contribution in [3.63, 3.8) is 0 Å². The van der Waals surface area contributed by atoms with Crippen LogP contribution < -0.4 is 11.3 Å². The molecule has 1 aromatic heterocycles. The third-order valence-electron chi connectivity index (χ3n) is 2.22. The third-order valence-corrected chi connectivity index (χ3v) is 2.22. The Bertz CT molecular complexity index is 569. The lowest BCUT2D eigenvalue weighted by Gasteiger charge is -2.08. The number of nitrogens with zero attached hydrogens (tertiary/aromatic N) is 1. The number of aromatic nitrogens is 1. The first-order valence-corrected chi connectivity index (χ1v) is 4.46. The fraction of sp³-hybridized carbons (Fsp3) is 0.100. The summed E-state index contributed by atoms with van der Waals surface area (Å²) < 4.78 is 39.4. The van der Waals surface area contributed by atoms with Gasteiger partial charge in [-0.1, -0.05) is 0 Å². The Kier molecular flexibility index (Phi) is 2.43. The summed E-state index contributed by atoms with van der Waals surface area (Å²) in [7, 11) is 0. The molecule has 1 heterocycles. The number of rotatable bonds is 1. The summed E-state index contributed by atoms with van der Waals surface area (Å²) in [6.45, 7) is 1.60. The number of fused-ring (bicyclic) bond motifs is 1. The van der Waals surface area contributed by atoms with Gasteiger partial charge in [-0.25, -0.2) is 18.2 Å². The fourth-order valence-corrected chi connectivity index (χ4v) is 1.51. The van der Waals surface area contributed by atoms with Gasteiger partial charge in [0.25, 0.3) is 0 Å². The van der Waals surface area contributed by atoms with Crippen LogP contribution >= 0.6 is 0 Å². The average molecular weight is 227 g/mol. The molecule has 0 aliphatic heterocycles. The summed E-state index contributed by atoms with van der Waals surface area (Å²) >= 11 is 0. The molecule has 0 aliphatic rings. The quantitative estimate of drug-likeness (QED) is 0.446. The van der Waals surface area contributed by atoms with Crippen LogP contribution in [-0.2, 0) is 0 Å². The van der Waals surface area contributed by atoms with Crippen LogP contribution in [0.2, 0.25) is 0 Å². The van der Waals surface area contributed by atoms with Gasteiger partial charge in [0.1, 0.15) is 5.52 Å². The van der Waals surface area contributed by atoms with Gasteiger partial charge in [-0.3, -0.25) is 5.84 Å². The summed E-state index contributed by atoms with van der Waals surface area (Å²) in [5.41, 5.74) is 2.79. The largest absolute Gasteiger partial charge is 0.323 e. The Labute approximate surface area is 89.1 Å². The smallest absolute Gasteiger partial charge is 0.196 e. The molecule has 0 fully saturated rings. The van der Waals surface area contributed by atoms with Gasteiger partial charge in [-0.05, 0) is 19.1 Å². The Hall–Kier alpha value is -1.82. The summed E-state index contributed by atoms with van der Waals surface area (Å²) in [4.78, 5) is 3.81. The van der Waals surface area contributed by atoms with Crippen molar-refractivity contribution in [1.82, 2.24) is 4.98 Å². The van der Waals surface area contributed by atoms with Crippen LogP contribution in [0.25, 0.3) is 10.9 Å². The van der Waals surface area contributed by atoms with Crippen LogP contribution in [0.15, 0.2) is 12.1 Å². The van der Waals surface area contributed by atoms with E-state index >= 15 is 0 Å². The highest BCUT2D eigenvalue weighted by Crippen LogP contribution is 2.27. The maximum absolute atomic E-state index is 13.4. The Balaban J connectivity index is 2.94. The highest BCUT2D eigenvalue weighted by atomic mass is 19.2. The Morgan fingerprint density at radius 3 is 2.50 bits per heavy atom. The molecule has 84 valence electrons. The molecule has 2 rings (SSSR count). The van der Waals surface area contributed by atoms with Gasteiger partial charge in [0.05, 0.1) is 5.69 Å². The van der Waals surface area contributed by atoms with E-state index in [9.17, 15) is 13.2 Å². The number of halogens is 3. The normalized spacial score (nSPS) is 10.8. The Morgan fingerprint density at radius 2 is 1.88 bits per heavy atom. The maximum atomic E-state index is 13.4. The highest BCUT2D eigenvalue weighted by molar-refractivity contribution is 5.91. The molecule has 0 spiro atoms. The van der Waals surface area contributed by atoms with Gasteiger partial charge in [0, 0.05) is 11.1 Å². The molecule has 0 saturated heterocycles. The minimum absolute atomic E-state index is 0.101. The molecule has 6 heteroatoms. The molecular weight excluding hydrogens is 219 g/mol. The first kappa shape index (κ1) is 10.7. The molecule has 3 N–H and O–H groups in total. The minimum Gasteiger partial charge on any atom is -0.323 e. The SMILES string of the molecule is Cc1cc(NN)c2cc(F)c(F)c(F)c2n1. The lowest BCUT2D eigenvalue weighted by molar-refractivity contribution is 0.452. The fourth-order valence-electron chi connectivity index (χ4n) is 1.51. The maximum Gasteiger partial charge on any atom is 0.196 e. The van der Waals surface area contributed by atoms with Crippen LogP contribution in [0.5, 0.6) is 0 Å². The van der Waals surface area contributed by atoms with Crippen LogP contribution in [0.1, 0.15) is 5.69 Å². The van der Waals surface area contributed by atoms with Crippen LogP contribution in [0.3, 0.4) is 0 Å². The van der Waals surface area contributed by atoms with Crippen LogP contribution in [0, 0.1) is 24.4 Å². The number of nitrogens with one attached hydrogen (secondary N) is 1. The molecule has 3 nitrogen and oxygen atoms in total. The summed E-state index contributed by atoms with van der Waals surface area (Å²) in [5.74, 6) is 1.09. The monoisotopic (exact) mass is 227 g/mol. The van der Waals surface area contributed by atoms with E-state index in [2.05, 4.69) is 10.4 Å². The molecule has 0 aliphatic carbocycles.